The summed E-state index contributed by atoms with van der Waals surface area (Å²) in [5.74, 6) is -3.65. The van der Waals surface area contributed by atoms with E-state index in [2.05, 4.69) is 35.3 Å². The van der Waals surface area contributed by atoms with E-state index in [0.717, 1.165) is 6.42 Å². The average Bonchev–Trinajstić information content (AvgIpc) is 2.92. The lowest BCUT2D eigenvalue weighted by molar-refractivity contribution is -0.159. The van der Waals surface area contributed by atoms with Crippen molar-refractivity contribution in [3.63, 3.8) is 0 Å². The number of allylic oxidation sites excluding steroid dienone is 1. The van der Waals surface area contributed by atoms with Crippen LogP contribution in [0.15, 0.2) is 48.8 Å². The predicted molar refractivity (Wildman–Crippen MR) is 82.1 cm³/mol. The van der Waals surface area contributed by atoms with Crippen LogP contribution in [-0.2, 0) is 16.0 Å². The molecule has 1 heterocycles. The third kappa shape index (κ3) is 4.02. The SMILES string of the molecule is C(=C1\CCc2ccccc21)/c1ccncc1.O=C(O)C(=O)O. The first-order valence-electron chi connectivity index (χ1n) is 6.73. The van der Waals surface area contributed by atoms with Crippen LogP contribution >= 0.6 is 0 Å². The quantitative estimate of drug-likeness (QED) is 0.790. The van der Waals surface area contributed by atoms with Crippen molar-refractivity contribution >= 4 is 23.6 Å². The van der Waals surface area contributed by atoms with E-state index in [1.165, 1.54) is 28.7 Å². The lowest BCUT2D eigenvalue weighted by atomic mass is 10.1. The highest BCUT2D eigenvalue weighted by Crippen LogP contribution is 2.33. The maximum atomic E-state index is 9.10. The second-order valence-corrected chi connectivity index (χ2v) is 4.72. The number of hydrogen-bond acceptors (Lipinski definition) is 3. The molecule has 112 valence electrons. The molecule has 0 amide bonds. The van der Waals surface area contributed by atoms with Gasteiger partial charge in [-0.1, -0.05) is 30.3 Å². The molecule has 0 saturated carbocycles. The Bertz CT molecular complexity index is 696. The summed E-state index contributed by atoms with van der Waals surface area (Å²) in [5.41, 5.74) is 5.57. The molecule has 5 heteroatoms. The fraction of sp³-hybridized carbons (Fsp3) is 0.118. The van der Waals surface area contributed by atoms with Crippen LogP contribution < -0.4 is 0 Å². The Morgan fingerprint density at radius 2 is 1.59 bits per heavy atom. The minimum absolute atomic E-state index is 1.15. The zero-order chi connectivity index (χ0) is 15.9. The average molecular weight is 297 g/mol. The van der Waals surface area contributed by atoms with Crippen LogP contribution in [0.1, 0.15) is 23.1 Å². The normalized spacial score (nSPS) is 13.9. The molecule has 22 heavy (non-hydrogen) atoms. The maximum Gasteiger partial charge on any atom is 0.414 e. The van der Waals surface area contributed by atoms with E-state index in [-0.39, 0.29) is 0 Å². The summed E-state index contributed by atoms with van der Waals surface area (Å²) >= 11 is 0. The zero-order valence-electron chi connectivity index (χ0n) is 11.8. The van der Waals surface area contributed by atoms with Gasteiger partial charge in [0, 0.05) is 12.4 Å². The van der Waals surface area contributed by atoms with E-state index in [0.29, 0.717) is 0 Å². The number of carboxylic acids is 2. The highest BCUT2D eigenvalue weighted by molar-refractivity contribution is 6.27. The molecular formula is C17H15NO4. The number of aryl methyl sites for hydroxylation is 1. The van der Waals surface area contributed by atoms with Crippen LogP contribution in [0.3, 0.4) is 0 Å². The van der Waals surface area contributed by atoms with E-state index in [9.17, 15) is 0 Å². The largest absolute Gasteiger partial charge is 0.473 e. The molecule has 0 spiro atoms. The number of carbonyl (C=O) groups is 2. The standard InChI is InChI=1S/C15H13N.C2H2O4/c1-2-4-15-13(3-1)5-6-14(15)11-12-7-9-16-10-8-12;3-1(4)2(5)6/h1-4,7-11H,5-6H2;(H,3,4)(H,5,6)/b14-11-;. The Hall–Kier alpha value is -2.95. The molecule has 1 aliphatic rings. The summed E-state index contributed by atoms with van der Waals surface area (Å²) in [6.45, 7) is 0. The topological polar surface area (TPSA) is 87.5 Å². The number of pyridine rings is 1. The molecule has 5 nitrogen and oxygen atoms in total. The van der Waals surface area contributed by atoms with Gasteiger partial charge in [0.05, 0.1) is 0 Å². The van der Waals surface area contributed by atoms with E-state index in [1.54, 1.807) is 0 Å². The van der Waals surface area contributed by atoms with Crippen molar-refractivity contribution in [2.45, 2.75) is 12.8 Å². The smallest absolute Gasteiger partial charge is 0.414 e. The first-order valence-corrected chi connectivity index (χ1v) is 6.73. The van der Waals surface area contributed by atoms with Gasteiger partial charge in [-0.2, -0.15) is 0 Å². The monoisotopic (exact) mass is 297 g/mol. The Balaban J connectivity index is 0.000000254. The molecule has 0 saturated heterocycles. The number of aliphatic carboxylic acids is 2. The summed E-state index contributed by atoms with van der Waals surface area (Å²) in [4.78, 5) is 22.2. The summed E-state index contributed by atoms with van der Waals surface area (Å²) < 4.78 is 0. The number of fused-ring (bicyclic) bond motifs is 1. The molecule has 0 unspecified atom stereocenters. The minimum Gasteiger partial charge on any atom is -0.473 e. The summed E-state index contributed by atoms with van der Waals surface area (Å²) in [6.07, 6.45) is 8.28. The number of carboxylic acid groups (broad SMARTS) is 2. The second kappa shape index (κ2) is 7.17. The van der Waals surface area contributed by atoms with Gasteiger partial charge in [0.25, 0.3) is 0 Å². The van der Waals surface area contributed by atoms with Gasteiger partial charge >= 0.3 is 11.9 Å². The fourth-order valence-corrected chi connectivity index (χ4v) is 2.27. The molecular weight excluding hydrogens is 282 g/mol. The Morgan fingerprint density at radius 3 is 2.23 bits per heavy atom. The lowest BCUT2D eigenvalue weighted by Gasteiger charge is -2.00. The number of nitrogens with zero attached hydrogens (tertiary/aromatic N) is 1. The van der Waals surface area contributed by atoms with E-state index in [1.807, 2.05) is 24.5 Å². The van der Waals surface area contributed by atoms with Crippen molar-refractivity contribution < 1.29 is 19.8 Å². The molecule has 0 aliphatic heterocycles. The molecule has 3 rings (SSSR count). The summed E-state index contributed by atoms with van der Waals surface area (Å²) in [7, 11) is 0. The van der Waals surface area contributed by atoms with Crippen LogP contribution in [0, 0.1) is 0 Å². The molecule has 0 radical (unpaired) electrons. The Kier molecular flexibility index (Phi) is 5.03. The summed E-state index contributed by atoms with van der Waals surface area (Å²) in [5, 5.41) is 14.8. The van der Waals surface area contributed by atoms with E-state index < -0.39 is 11.9 Å². The van der Waals surface area contributed by atoms with Gasteiger partial charge in [-0.25, -0.2) is 9.59 Å². The number of benzene rings is 1. The van der Waals surface area contributed by atoms with E-state index >= 15 is 0 Å². The van der Waals surface area contributed by atoms with Crippen molar-refractivity contribution in [2.24, 2.45) is 0 Å². The predicted octanol–water partition coefficient (Wildman–Crippen LogP) is 2.72. The first-order chi connectivity index (χ1) is 10.6. The number of hydrogen-bond donors (Lipinski definition) is 2. The summed E-state index contributed by atoms with van der Waals surface area (Å²) in [6, 6.07) is 12.8. The lowest BCUT2D eigenvalue weighted by Crippen LogP contribution is -2.09. The van der Waals surface area contributed by atoms with Gasteiger partial charge < -0.3 is 10.2 Å². The van der Waals surface area contributed by atoms with Crippen molar-refractivity contribution in [1.29, 1.82) is 0 Å². The first kappa shape index (κ1) is 15.4. The highest BCUT2D eigenvalue weighted by Gasteiger charge is 2.14. The molecule has 2 N–H and O–H groups in total. The molecule has 1 aromatic carbocycles. The van der Waals surface area contributed by atoms with Gasteiger partial charge in [-0.15, -0.1) is 0 Å². The van der Waals surface area contributed by atoms with Crippen LogP contribution in [0.2, 0.25) is 0 Å². The Labute approximate surface area is 127 Å². The second-order valence-electron chi connectivity index (χ2n) is 4.72. The molecule has 0 fully saturated rings. The van der Waals surface area contributed by atoms with Gasteiger partial charge in [0.15, 0.2) is 0 Å². The van der Waals surface area contributed by atoms with Gasteiger partial charge in [-0.3, -0.25) is 4.98 Å². The van der Waals surface area contributed by atoms with Crippen LogP contribution in [0.4, 0.5) is 0 Å². The number of aromatic nitrogens is 1. The molecule has 0 atom stereocenters. The highest BCUT2D eigenvalue weighted by atomic mass is 16.4. The van der Waals surface area contributed by atoms with Crippen LogP contribution in [-0.4, -0.2) is 27.1 Å². The Morgan fingerprint density at radius 1 is 0.955 bits per heavy atom. The van der Waals surface area contributed by atoms with Gasteiger partial charge in [-0.05, 0) is 47.2 Å². The van der Waals surface area contributed by atoms with E-state index in [4.69, 9.17) is 19.8 Å². The van der Waals surface area contributed by atoms with Crippen molar-refractivity contribution in [2.75, 3.05) is 0 Å². The third-order valence-electron chi connectivity index (χ3n) is 3.26. The van der Waals surface area contributed by atoms with Gasteiger partial charge in [0.1, 0.15) is 0 Å². The fourth-order valence-electron chi connectivity index (χ4n) is 2.27. The van der Waals surface area contributed by atoms with Crippen molar-refractivity contribution in [3.8, 4) is 0 Å². The van der Waals surface area contributed by atoms with Crippen LogP contribution in [0.25, 0.3) is 11.6 Å². The van der Waals surface area contributed by atoms with Crippen LogP contribution in [0.5, 0.6) is 0 Å². The molecule has 1 aromatic heterocycles. The molecule has 2 aromatic rings. The molecule has 1 aliphatic carbocycles. The zero-order valence-corrected chi connectivity index (χ0v) is 11.8. The number of rotatable bonds is 1. The minimum atomic E-state index is -1.82. The third-order valence-corrected chi connectivity index (χ3v) is 3.26. The van der Waals surface area contributed by atoms with Crippen molar-refractivity contribution in [1.82, 2.24) is 4.98 Å². The molecule has 0 bridgehead atoms. The van der Waals surface area contributed by atoms with Crippen molar-refractivity contribution in [3.05, 3.63) is 65.5 Å². The van der Waals surface area contributed by atoms with Gasteiger partial charge in [0.2, 0.25) is 0 Å². The maximum absolute atomic E-state index is 9.10.